The highest BCUT2D eigenvalue weighted by Gasteiger charge is 2.04. The van der Waals surface area contributed by atoms with Gasteiger partial charge in [-0.05, 0) is 65.3 Å². The van der Waals surface area contributed by atoms with Crippen LogP contribution < -0.4 is 5.32 Å². The molecule has 19 heavy (non-hydrogen) atoms. The maximum atomic E-state index is 11.9. The maximum absolute atomic E-state index is 11.9. The zero-order valence-electron chi connectivity index (χ0n) is 10.8. The summed E-state index contributed by atoms with van der Waals surface area (Å²) in [6.45, 7) is 2.08. The molecule has 2 nitrogen and oxygen atoms in total. The Hall–Kier alpha value is -1.36. The zero-order chi connectivity index (χ0) is 13.7. The third-order valence-electron chi connectivity index (χ3n) is 2.99. The fourth-order valence-corrected chi connectivity index (χ4v) is 2.47. The first-order valence-corrected chi connectivity index (χ1v) is 7.33. The van der Waals surface area contributed by atoms with Gasteiger partial charge in [-0.1, -0.05) is 30.3 Å². The lowest BCUT2D eigenvalue weighted by Crippen LogP contribution is -2.12. The molecule has 2 aromatic carbocycles. The third kappa shape index (κ3) is 4.35. The molecule has 0 aliphatic carbocycles. The number of benzene rings is 2. The Morgan fingerprint density at radius 3 is 2.68 bits per heavy atom. The monoisotopic (exact) mass is 365 g/mol. The summed E-state index contributed by atoms with van der Waals surface area (Å²) in [5.41, 5.74) is 3.34. The highest BCUT2D eigenvalue weighted by atomic mass is 127. The van der Waals surface area contributed by atoms with Gasteiger partial charge >= 0.3 is 0 Å². The molecular weight excluding hydrogens is 349 g/mol. The van der Waals surface area contributed by atoms with Gasteiger partial charge in [-0.3, -0.25) is 4.79 Å². The predicted molar refractivity (Wildman–Crippen MR) is 87.3 cm³/mol. The van der Waals surface area contributed by atoms with Crippen LogP contribution in [0.2, 0.25) is 0 Å². The van der Waals surface area contributed by atoms with E-state index in [2.05, 4.69) is 47.0 Å². The van der Waals surface area contributed by atoms with E-state index in [9.17, 15) is 4.79 Å². The van der Waals surface area contributed by atoms with E-state index in [0.717, 1.165) is 15.7 Å². The molecule has 0 heterocycles. The minimum Gasteiger partial charge on any atom is -0.326 e. The molecule has 0 radical (unpaired) electrons. The van der Waals surface area contributed by atoms with Gasteiger partial charge in [0.1, 0.15) is 0 Å². The Bertz CT molecular complexity index is 580. The molecule has 0 spiro atoms. The lowest BCUT2D eigenvalue weighted by atomic mass is 10.0. The first-order chi connectivity index (χ1) is 9.15. The molecule has 3 heteroatoms. The van der Waals surface area contributed by atoms with E-state index in [0.29, 0.717) is 6.42 Å². The molecule has 0 aliphatic rings. The van der Waals surface area contributed by atoms with Crippen molar-refractivity contribution in [2.75, 3.05) is 5.32 Å². The van der Waals surface area contributed by atoms with Crippen LogP contribution in [0.3, 0.4) is 0 Å². The van der Waals surface area contributed by atoms with E-state index in [1.54, 1.807) is 0 Å². The van der Waals surface area contributed by atoms with Gasteiger partial charge in [-0.25, -0.2) is 0 Å². The standard InChI is InChI=1S/C16H16INO/c1-12-5-2-3-6-13(12)9-10-16(19)18-15-8-4-7-14(17)11-15/h2-8,11H,9-10H2,1H3,(H,18,19). The van der Waals surface area contributed by atoms with Crippen LogP contribution in [0.4, 0.5) is 5.69 Å². The number of anilines is 1. The number of nitrogens with one attached hydrogen (secondary N) is 1. The Kier molecular flexibility index (Phi) is 4.96. The van der Waals surface area contributed by atoms with E-state index >= 15 is 0 Å². The summed E-state index contributed by atoms with van der Waals surface area (Å²) in [5.74, 6) is 0.0604. The Balaban J connectivity index is 1.90. The first-order valence-electron chi connectivity index (χ1n) is 6.25. The summed E-state index contributed by atoms with van der Waals surface area (Å²) >= 11 is 2.24. The van der Waals surface area contributed by atoms with Crippen molar-refractivity contribution < 1.29 is 4.79 Å². The number of carbonyl (C=O) groups excluding carboxylic acids is 1. The third-order valence-corrected chi connectivity index (χ3v) is 3.66. The van der Waals surface area contributed by atoms with Gasteiger partial charge in [0.15, 0.2) is 0 Å². The molecule has 1 amide bonds. The average Bonchev–Trinajstić information content (AvgIpc) is 2.38. The van der Waals surface area contributed by atoms with Crippen LogP contribution in [0.15, 0.2) is 48.5 Å². The molecule has 2 aromatic rings. The van der Waals surface area contributed by atoms with Gasteiger partial charge in [-0.2, -0.15) is 0 Å². The SMILES string of the molecule is Cc1ccccc1CCC(=O)Nc1cccc(I)c1. The number of amides is 1. The van der Waals surface area contributed by atoms with E-state index in [4.69, 9.17) is 0 Å². The smallest absolute Gasteiger partial charge is 0.224 e. The topological polar surface area (TPSA) is 29.1 Å². The van der Waals surface area contributed by atoms with Crippen LogP contribution in [0.5, 0.6) is 0 Å². The molecule has 0 unspecified atom stereocenters. The predicted octanol–water partition coefficient (Wildman–Crippen LogP) is 4.17. The molecule has 0 bridgehead atoms. The minimum atomic E-state index is 0.0604. The molecule has 2 rings (SSSR count). The van der Waals surface area contributed by atoms with Crippen LogP contribution in [0.25, 0.3) is 0 Å². The van der Waals surface area contributed by atoms with E-state index < -0.39 is 0 Å². The summed E-state index contributed by atoms with van der Waals surface area (Å²) in [4.78, 5) is 11.9. The van der Waals surface area contributed by atoms with E-state index in [1.165, 1.54) is 11.1 Å². The average molecular weight is 365 g/mol. The number of carbonyl (C=O) groups is 1. The largest absolute Gasteiger partial charge is 0.326 e. The van der Waals surface area contributed by atoms with Gasteiger partial charge < -0.3 is 5.32 Å². The number of halogens is 1. The fraction of sp³-hybridized carbons (Fsp3) is 0.188. The minimum absolute atomic E-state index is 0.0604. The molecule has 0 saturated carbocycles. The Morgan fingerprint density at radius 1 is 1.16 bits per heavy atom. The van der Waals surface area contributed by atoms with Crippen molar-refractivity contribution in [2.24, 2.45) is 0 Å². The van der Waals surface area contributed by atoms with Crippen molar-refractivity contribution in [2.45, 2.75) is 19.8 Å². The van der Waals surface area contributed by atoms with Crippen LogP contribution in [0.1, 0.15) is 17.5 Å². The summed E-state index contributed by atoms with van der Waals surface area (Å²) in [6, 6.07) is 16.0. The van der Waals surface area contributed by atoms with Crippen molar-refractivity contribution in [3.63, 3.8) is 0 Å². The Labute approximate surface area is 127 Å². The molecular formula is C16H16INO. The van der Waals surface area contributed by atoms with Crippen LogP contribution >= 0.6 is 22.6 Å². The van der Waals surface area contributed by atoms with E-state index in [1.807, 2.05) is 36.4 Å². The number of rotatable bonds is 4. The molecule has 0 saturated heterocycles. The van der Waals surface area contributed by atoms with Gasteiger partial charge in [-0.15, -0.1) is 0 Å². The lowest BCUT2D eigenvalue weighted by molar-refractivity contribution is -0.116. The highest BCUT2D eigenvalue weighted by Crippen LogP contribution is 2.14. The maximum Gasteiger partial charge on any atom is 0.224 e. The van der Waals surface area contributed by atoms with Gasteiger partial charge in [0.05, 0.1) is 0 Å². The second-order valence-electron chi connectivity index (χ2n) is 4.49. The van der Waals surface area contributed by atoms with Crippen molar-refractivity contribution in [3.05, 3.63) is 63.2 Å². The summed E-state index contributed by atoms with van der Waals surface area (Å²) in [6.07, 6.45) is 1.29. The Morgan fingerprint density at radius 2 is 1.95 bits per heavy atom. The lowest BCUT2D eigenvalue weighted by Gasteiger charge is -2.07. The van der Waals surface area contributed by atoms with E-state index in [-0.39, 0.29) is 5.91 Å². The van der Waals surface area contributed by atoms with Crippen molar-refractivity contribution in [3.8, 4) is 0 Å². The van der Waals surface area contributed by atoms with Crippen LogP contribution in [-0.4, -0.2) is 5.91 Å². The number of aryl methyl sites for hydroxylation is 2. The second kappa shape index (κ2) is 6.70. The quantitative estimate of drug-likeness (QED) is 0.810. The van der Waals surface area contributed by atoms with Crippen molar-refractivity contribution >= 4 is 34.2 Å². The molecule has 98 valence electrons. The second-order valence-corrected chi connectivity index (χ2v) is 5.73. The molecule has 0 aromatic heterocycles. The number of hydrogen-bond donors (Lipinski definition) is 1. The summed E-state index contributed by atoms with van der Waals surface area (Å²) in [7, 11) is 0. The highest BCUT2D eigenvalue weighted by molar-refractivity contribution is 14.1. The van der Waals surface area contributed by atoms with Crippen molar-refractivity contribution in [1.82, 2.24) is 0 Å². The van der Waals surface area contributed by atoms with Crippen LogP contribution in [-0.2, 0) is 11.2 Å². The molecule has 0 fully saturated rings. The van der Waals surface area contributed by atoms with Gasteiger partial charge in [0.2, 0.25) is 5.91 Å². The molecule has 0 aliphatic heterocycles. The molecule has 1 N–H and O–H groups in total. The normalized spacial score (nSPS) is 10.2. The summed E-state index contributed by atoms with van der Waals surface area (Å²) < 4.78 is 1.12. The number of hydrogen-bond acceptors (Lipinski definition) is 1. The van der Waals surface area contributed by atoms with Gasteiger partial charge in [0.25, 0.3) is 0 Å². The first kappa shape index (κ1) is 14.1. The zero-order valence-corrected chi connectivity index (χ0v) is 13.0. The summed E-state index contributed by atoms with van der Waals surface area (Å²) in [5, 5.41) is 2.93. The fourth-order valence-electron chi connectivity index (χ4n) is 1.93. The van der Waals surface area contributed by atoms with Crippen LogP contribution in [0, 0.1) is 10.5 Å². The van der Waals surface area contributed by atoms with Gasteiger partial charge in [0, 0.05) is 15.7 Å². The molecule has 0 atom stereocenters. The van der Waals surface area contributed by atoms with Crippen molar-refractivity contribution in [1.29, 1.82) is 0 Å².